The van der Waals surface area contributed by atoms with Crippen LogP contribution < -0.4 is 10.5 Å². The van der Waals surface area contributed by atoms with Gasteiger partial charge in [0.2, 0.25) is 0 Å². The Bertz CT molecular complexity index is 1100. The zero-order valence-corrected chi connectivity index (χ0v) is 18.2. The van der Waals surface area contributed by atoms with Gasteiger partial charge in [-0.1, -0.05) is 6.07 Å². The summed E-state index contributed by atoms with van der Waals surface area (Å²) in [6.07, 6.45) is 4.22. The molecule has 0 saturated carbocycles. The molecule has 1 atom stereocenters. The highest BCUT2D eigenvalue weighted by atomic mass is 16.5. The van der Waals surface area contributed by atoms with Crippen molar-refractivity contribution in [2.75, 3.05) is 13.7 Å². The number of carbonyl (C=O) groups excluding carboxylic acids is 1. The second-order valence-corrected chi connectivity index (χ2v) is 8.85. The molecule has 1 aliphatic rings. The van der Waals surface area contributed by atoms with Crippen molar-refractivity contribution < 1.29 is 13.9 Å². The third-order valence-corrected chi connectivity index (χ3v) is 6.38. The number of carbonyl (C=O) groups is 1. The number of rotatable bonds is 7. The molecule has 0 fully saturated rings. The monoisotopic (exact) mass is 406 g/mol. The molecule has 0 aliphatic carbocycles. The predicted molar refractivity (Wildman–Crippen MR) is 119 cm³/mol. The third-order valence-electron chi connectivity index (χ3n) is 6.38. The minimum Gasteiger partial charge on any atom is -0.497 e. The van der Waals surface area contributed by atoms with Crippen LogP contribution in [0.25, 0.3) is 11.0 Å². The van der Waals surface area contributed by atoms with Crippen molar-refractivity contribution in [2.45, 2.75) is 52.1 Å². The number of hydrogen-bond donors (Lipinski definition) is 1. The number of hydrogen-bond acceptors (Lipinski definition) is 4. The molecule has 1 amide bonds. The molecule has 2 aromatic carbocycles. The van der Waals surface area contributed by atoms with Gasteiger partial charge in [-0.3, -0.25) is 4.79 Å². The minimum absolute atomic E-state index is 0.124. The van der Waals surface area contributed by atoms with Gasteiger partial charge in [-0.25, -0.2) is 0 Å². The molecule has 30 heavy (non-hydrogen) atoms. The Morgan fingerprint density at radius 2 is 1.93 bits per heavy atom. The third kappa shape index (κ3) is 3.94. The SMILES string of the molecule is COc1ccc2c(CCC(C)(N)CCN3Cc4cc(C)c(C)cc4C3=O)coc2c1. The summed E-state index contributed by atoms with van der Waals surface area (Å²) in [5.41, 5.74) is 12.6. The van der Waals surface area contributed by atoms with E-state index in [9.17, 15) is 4.79 Å². The number of nitrogens with two attached hydrogens (primary N) is 1. The van der Waals surface area contributed by atoms with Crippen molar-refractivity contribution in [3.05, 3.63) is 64.4 Å². The molecule has 1 unspecified atom stereocenters. The van der Waals surface area contributed by atoms with Gasteiger partial charge in [0.1, 0.15) is 11.3 Å². The summed E-state index contributed by atoms with van der Waals surface area (Å²) in [4.78, 5) is 14.7. The molecule has 2 heterocycles. The predicted octanol–water partition coefficient (Wildman–Crippen LogP) is 4.75. The normalized spacial score (nSPS) is 15.5. The van der Waals surface area contributed by atoms with E-state index in [0.717, 1.165) is 58.2 Å². The lowest BCUT2D eigenvalue weighted by Crippen LogP contribution is -2.40. The average molecular weight is 407 g/mol. The Kier molecular flexibility index (Phi) is 5.33. The highest BCUT2D eigenvalue weighted by Gasteiger charge is 2.29. The maximum absolute atomic E-state index is 12.8. The first kappa shape index (κ1) is 20.5. The van der Waals surface area contributed by atoms with E-state index in [2.05, 4.69) is 26.8 Å². The van der Waals surface area contributed by atoms with E-state index in [1.807, 2.05) is 35.4 Å². The number of amides is 1. The molecule has 2 N–H and O–H groups in total. The Hall–Kier alpha value is -2.79. The number of fused-ring (bicyclic) bond motifs is 2. The topological polar surface area (TPSA) is 68.7 Å². The number of nitrogens with zero attached hydrogens (tertiary/aromatic N) is 1. The van der Waals surface area contributed by atoms with Crippen molar-refractivity contribution in [3.8, 4) is 5.75 Å². The molecule has 1 aliphatic heterocycles. The van der Waals surface area contributed by atoms with Crippen molar-refractivity contribution in [3.63, 3.8) is 0 Å². The van der Waals surface area contributed by atoms with Crippen LogP contribution in [0.15, 0.2) is 41.0 Å². The van der Waals surface area contributed by atoms with Gasteiger partial charge in [0, 0.05) is 35.6 Å². The summed E-state index contributed by atoms with van der Waals surface area (Å²) in [7, 11) is 1.65. The number of methoxy groups -OCH3 is 1. The molecule has 4 rings (SSSR count). The van der Waals surface area contributed by atoms with E-state index in [1.54, 1.807) is 7.11 Å². The average Bonchev–Trinajstić information content (AvgIpc) is 3.26. The van der Waals surface area contributed by atoms with Crippen LogP contribution in [0.5, 0.6) is 5.75 Å². The van der Waals surface area contributed by atoms with Crippen molar-refractivity contribution in [1.29, 1.82) is 0 Å². The van der Waals surface area contributed by atoms with Gasteiger partial charge in [0.15, 0.2) is 0 Å². The van der Waals surface area contributed by atoms with Gasteiger partial charge in [-0.15, -0.1) is 0 Å². The number of benzene rings is 2. The van der Waals surface area contributed by atoms with Gasteiger partial charge in [0.25, 0.3) is 5.91 Å². The summed E-state index contributed by atoms with van der Waals surface area (Å²) in [6, 6.07) is 10.0. The highest BCUT2D eigenvalue weighted by molar-refractivity contribution is 5.98. The van der Waals surface area contributed by atoms with E-state index >= 15 is 0 Å². The van der Waals surface area contributed by atoms with Crippen molar-refractivity contribution in [2.24, 2.45) is 5.73 Å². The summed E-state index contributed by atoms with van der Waals surface area (Å²) >= 11 is 0. The lowest BCUT2D eigenvalue weighted by molar-refractivity contribution is 0.0766. The molecule has 0 spiro atoms. The molecule has 0 bridgehead atoms. The van der Waals surface area contributed by atoms with Crippen LogP contribution in [0.3, 0.4) is 0 Å². The fourth-order valence-electron chi connectivity index (χ4n) is 4.15. The molecule has 0 saturated heterocycles. The Balaban J connectivity index is 1.37. The molecule has 5 heteroatoms. The van der Waals surface area contributed by atoms with E-state index < -0.39 is 0 Å². The molecule has 1 aromatic heterocycles. The summed E-state index contributed by atoms with van der Waals surface area (Å²) in [6.45, 7) is 7.56. The van der Waals surface area contributed by atoms with Crippen LogP contribution in [0.4, 0.5) is 0 Å². The van der Waals surface area contributed by atoms with Gasteiger partial charge < -0.3 is 19.8 Å². The van der Waals surface area contributed by atoms with Crippen molar-refractivity contribution >= 4 is 16.9 Å². The number of furan rings is 1. The van der Waals surface area contributed by atoms with E-state index in [-0.39, 0.29) is 11.4 Å². The van der Waals surface area contributed by atoms with Crippen LogP contribution in [0.1, 0.15) is 52.4 Å². The quantitative estimate of drug-likeness (QED) is 0.614. The maximum atomic E-state index is 12.8. The first-order valence-electron chi connectivity index (χ1n) is 10.5. The number of ether oxygens (including phenoxy) is 1. The maximum Gasteiger partial charge on any atom is 0.254 e. The Morgan fingerprint density at radius 3 is 2.70 bits per heavy atom. The van der Waals surface area contributed by atoms with Gasteiger partial charge >= 0.3 is 0 Å². The van der Waals surface area contributed by atoms with Gasteiger partial charge in [-0.2, -0.15) is 0 Å². The second-order valence-electron chi connectivity index (χ2n) is 8.85. The summed E-state index contributed by atoms with van der Waals surface area (Å²) in [5.74, 6) is 0.910. The standard InChI is InChI=1S/C25H30N2O3/c1-16-11-19-14-27(24(28)22(19)12-17(16)2)10-9-25(3,26)8-7-18-15-30-23-13-20(29-4)5-6-21(18)23/h5-6,11-13,15H,7-10,14,26H2,1-4H3. The zero-order valence-electron chi connectivity index (χ0n) is 18.2. The number of aryl methyl sites for hydroxylation is 3. The molecular weight excluding hydrogens is 376 g/mol. The van der Waals surface area contributed by atoms with Crippen molar-refractivity contribution in [1.82, 2.24) is 4.90 Å². The highest BCUT2D eigenvalue weighted by Crippen LogP contribution is 2.29. The lowest BCUT2D eigenvalue weighted by Gasteiger charge is -2.27. The van der Waals surface area contributed by atoms with Crippen LogP contribution in [0, 0.1) is 13.8 Å². The molecular formula is C25H30N2O3. The molecule has 0 radical (unpaired) electrons. The smallest absolute Gasteiger partial charge is 0.254 e. The summed E-state index contributed by atoms with van der Waals surface area (Å²) < 4.78 is 11.0. The fourth-order valence-corrected chi connectivity index (χ4v) is 4.15. The molecule has 158 valence electrons. The van der Waals surface area contributed by atoms with Crippen LogP contribution in [-0.2, 0) is 13.0 Å². The van der Waals surface area contributed by atoms with E-state index in [0.29, 0.717) is 13.1 Å². The van der Waals surface area contributed by atoms with Crippen LogP contribution in [-0.4, -0.2) is 30.0 Å². The van der Waals surface area contributed by atoms with E-state index in [1.165, 1.54) is 5.56 Å². The zero-order chi connectivity index (χ0) is 21.5. The Morgan fingerprint density at radius 1 is 1.17 bits per heavy atom. The lowest BCUT2D eigenvalue weighted by atomic mass is 9.90. The molecule has 3 aromatic rings. The second kappa shape index (κ2) is 7.80. The molecule has 5 nitrogen and oxygen atoms in total. The van der Waals surface area contributed by atoms with Gasteiger partial charge in [0.05, 0.1) is 13.4 Å². The van der Waals surface area contributed by atoms with Gasteiger partial charge in [-0.05, 0) is 80.5 Å². The Labute approximate surface area is 177 Å². The first-order chi connectivity index (χ1) is 14.3. The van der Waals surface area contributed by atoms with E-state index in [4.69, 9.17) is 14.9 Å². The van der Waals surface area contributed by atoms with Crippen LogP contribution >= 0.6 is 0 Å². The largest absolute Gasteiger partial charge is 0.497 e. The summed E-state index contributed by atoms with van der Waals surface area (Å²) in [5, 5.41) is 1.10. The van der Waals surface area contributed by atoms with Crippen LogP contribution in [0.2, 0.25) is 0 Å². The first-order valence-corrected chi connectivity index (χ1v) is 10.5. The minimum atomic E-state index is -0.364. The fraction of sp³-hybridized carbons (Fsp3) is 0.400.